The van der Waals surface area contributed by atoms with E-state index in [0.29, 0.717) is 17.7 Å². The molecule has 0 heterocycles. The minimum Gasteiger partial charge on any atom is -0.489 e. The van der Waals surface area contributed by atoms with Crippen LogP contribution in [-0.4, -0.2) is 0 Å². The molecule has 132 valence electrons. The number of benzene rings is 2. The molecule has 0 saturated carbocycles. The third-order valence-corrected chi connectivity index (χ3v) is 3.26. The van der Waals surface area contributed by atoms with Crippen molar-refractivity contribution in [2.75, 3.05) is 0 Å². The second kappa shape index (κ2) is 7.05. The van der Waals surface area contributed by atoms with Crippen molar-refractivity contribution in [2.24, 2.45) is 0 Å². The number of ether oxygens (including phenoxy) is 1. The molecule has 0 fully saturated rings. The van der Waals surface area contributed by atoms with Crippen LogP contribution < -0.4 is 4.74 Å². The van der Waals surface area contributed by atoms with Crippen molar-refractivity contribution in [3.8, 4) is 11.8 Å². The molecule has 0 aliphatic heterocycles. The van der Waals surface area contributed by atoms with Gasteiger partial charge in [-0.3, -0.25) is 0 Å². The minimum atomic E-state index is -4.89. The molecule has 2 rings (SSSR count). The van der Waals surface area contributed by atoms with Crippen LogP contribution in [0, 0.1) is 11.3 Å². The number of nitrogens with zero attached hydrogens (tertiary/aromatic N) is 1. The third kappa shape index (κ3) is 5.14. The summed E-state index contributed by atoms with van der Waals surface area (Å²) in [4.78, 5) is 0. The van der Waals surface area contributed by atoms with Gasteiger partial charge in [0.05, 0.1) is 23.6 Å². The average molecular weight is 359 g/mol. The first-order chi connectivity index (χ1) is 11.6. The zero-order valence-corrected chi connectivity index (χ0v) is 12.6. The topological polar surface area (TPSA) is 33.0 Å². The van der Waals surface area contributed by atoms with E-state index < -0.39 is 30.1 Å². The highest BCUT2D eigenvalue weighted by Gasteiger charge is 2.36. The van der Waals surface area contributed by atoms with Gasteiger partial charge in [0.1, 0.15) is 12.4 Å². The van der Waals surface area contributed by atoms with Crippen LogP contribution >= 0.6 is 0 Å². The van der Waals surface area contributed by atoms with E-state index in [1.54, 1.807) is 12.1 Å². The van der Waals surface area contributed by atoms with Crippen LogP contribution in [0.1, 0.15) is 22.3 Å². The summed E-state index contributed by atoms with van der Waals surface area (Å²) >= 11 is 0. The van der Waals surface area contributed by atoms with Gasteiger partial charge in [-0.05, 0) is 41.5 Å². The minimum absolute atomic E-state index is 0.0696. The lowest BCUT2D eigenvalue weighted by atomic mass is 10.1. The molecule has 0 radical (unpaired) electrons. The van der Waals surface area contributed by atoms with E-state index in [1.165, 1.54) is 12.1 Å². The monoisotopic (exact) mass is 359 g/mol. The summed E-state index contributed by atoms with van der Waals surface area (Å²) in [6.07, 6.45) is -9.60. The zero-order valence-electron chi connectivity index (χ0n) is 12.6. The second-order valence-corrected chi connectivity index (χ2v) is 5.18. The molecule has 0 amide bonds. The van der Waals surface area contributed by atoms with E-state index >= 15 is 0 Å². The first kappa shape index (κ1) is 18.6. The Kier molecular flexibility index (Phi) is 5.26. The van der Waals surface area contributed by atoms with Crippen molar-refractivity contribution in [3.05, 3.63) is 64.7 Å². The molecule has 2 aromatic carbocycles. The summed E-state index contributed by atoms with van der Waals surface area (Å²) in [5, 5.41) is 8.56. The molecule has 0 saturated heterocycles. The second-order valence-electron chi connectivity index (χ2n) is 5.18. The summed E-state index contributed by atoms with van der Waals surface area (Å²) < 4.78 is 81.9. The Bertz CT molecular complexity index is 739. The number of hydrogen-bond donors (Lipinski definition) is 0. The molecule has 0 bridgehead atoms. The zero-order chi connectivity index (χ0) is 18.7. The van der Waals surface area contributed by atoms with Gasteiger partial charge in [-0.1, -0.05) is 12.1 Å². The fourth-order valence-corrected chi connectivity index (χ4v) is 2.06. The number of hydrogen-bond acceptors (Lipinski definition) is 2. The Hall–Kier alpha value is -2.69. The van der Waals surface area contributed by atoms with Crippen molar-refractivity contribution < 1.29 is 31.1 Å². The number of alkyl halides is 6. The van der Waals surface area contributed by atoms with Crippen molar-refractivity contribution in [1.29, 1.82) is 5.26 Å². The molecule has 8 heteroatoms. The number of nitriles is 1. The molecule has 0 unspecified atom stereocenters. The first-order valence-corrected chi connectivity index (χ1v) is 6.96. The van der Waals surface area contributed by atoms with E-state index in [-0.39, 0.29) is 23.8 Å². The van der Waals surface area contributed by atoms with E-state index in [0.717, 1.165) is 0 Å². The fourth-order valence-electron chi connectivity index (χ4n) is 2.06. The molecule has 0 aliphatic carbocycles. The number of halogens is 6. The molecule has 2 nitrogen and oxygen atoms in total. The van der Waals surface area contributed by atoms with Gasteiger partial charge in [-0.15, -0.1) is 0 Å². The molecule has 25 heavy (non-hydrogen) atoms. The standard InChI is InChI=1S/C17H11F6NO/c18-16(19,20)13-7-12(8-14(9-13)17(21,22)23)10-25-15-3-1-11(2-4-15)5-6-24/h1-4,7-9H,5,10H2. The number of rotatable bonds is 4. The molecule has 0 N–H and O–H groups in total. The summed E-state index contributed by atoms with van der Waals surface area (Å²) in [6.45, 7) is -0.454. The lowest BCUT2D eigenvalue weighted by Crippen LogP contribution is -2.12. The maximum atomic E-state index is 12.8. The lowest BCUT2D eigenvalue weighted by molar-refractivity contribution is -0.143. The van der Waals surface area contributed by atoms with Gasteiger partial charge in [0.25, 0.3) is 0 Å². The Morgan fingerprint density at radius 1 is 0.800 bits per heavy atom. The molecule has 0 aliphatic rings. The highest BCUT2D eigenvalue weighted by Crippen LogP contribution is 2.36. The molecular formula is C17H11F6NO. The largest absolute Gasteiger partial charge is 0.489 e. The highest BCUT2D eigenvalue weighted by atomic mass is 19.4. The molecule has 0 spiro atoms. The predicted molar refractivity (Wildman–Crippen MR) is 76.5 cm³/mol. The third-order valence-electron chi connectivity index (χ3n) is 3.26. The summed E-state index contributed by atoms with van der Waals surface area (Å²) in [6, 6.07) is 9.43. The van der Waals surface area contributed by atoms with E-state index in [1.807, 2.05) is 6.07 Å². The van der Waals surface area contributed by atoms with Crippen LogP contribution in [0.4, 0.5) is 26.3 Å². The maximum Gasteiger partial charge on any atom is 0.416 e. The smallest absolute Gasteiger partial charge is 0.416 e. The lowest BCUT2D eigenvalue weighted by Gasteiger charge is -2.14. The van der Waals surface area contributed by atoms with Gasteiger partial charge in [0.15, 0.2) is 0 Å². The van der Waals surface area contributed by atoms with Crippen molar-refractivity contribution in [1.82, 2.24) is 0 Å². The Labute approximate surface area is 139 Å². The summed E-state index contributed by atoms with van der Waals surface area (Å²) in [7, 11) is 0. The normalized spacial score (nSPS) is 11.9. The van der Waals surface area contributed by atoms with Crippen LogP contribution in [0.25, 0.3) is 0 Å². The molecule has 0 aromatic heterocycles. The summed E-state index contributed by atoms with van der Waals surface area (Å²) in [5.41, 5.74) is -2.30. The predicted octanol–water partition coefficient (Wildman–Crippen LogP) is 5.37. The van der Waals surface area contributed by atoms with Crippen LogP contribution in [0.15, 0.2) is 42.5 Å². The van der Waals surface area contributed by atoms with Gasteiger partial charge in [-0.2, -0.15) is 31.6 Å². The molecule has 2 aromatic rings. The Morgan fingerprint density at radius 3 is 1.76 bits per heavy atom. The first-order valence-electron chi connectivity index (χ1n) is 6.96. The fraction of sp³-hybridized carbons (Fsp3) is 0.235. The van der Waals surface area contributed by atoms with Crippen molar-refractivity contribution in [2.45, 2.75) is 25.4 Å². The van der Waals surface area contributed by atoms with Gasteiger partial charge in [0.2, 0.25) is 0 Å². The van der Waals surface area contributed by atoms with E-state index in [4.69, 9.17) is 10.00 Å². The SMILES string of the molecule is N#CCc1ccc(OCc2cc(C(F)(F)F)cc(C(F)(F)F)c2)cc1. The van der Waals surface area contributed by atoms with Gasteiger partial charge in [0, 0.05) is 0 Å². The van der Waals surface area contributed by atoms with Crippen LogP contribution in [-0.2, 0) is 25.4 Å². The quantitative estimate of drug-likeness (QED) is 0.688. The molecule has 0 atom stereocenters. The average Bonchev–Trinajstić information content (AvgIpc) is 2.52. The maximum absolute atomic E-state index is 12.8. The van der Waals surface area contributed by atoms with E-state index in [9.17, 15) is 26.3 Å². The summed E-state index contributed by atoms with van der Waals surface area (Å²) in [5.74, 6) is 0.271. The highest BCUT2D eigenvalue weighted by molar-refractivity contribution is 5.34. The van der Waals surface area contributed by atoms with Gasteiger partial charge >= 0.3 is 12.4 Å². The van der Waals surface area contributed by atoms with E-state index in [2.05, 4.69) is 0 Å². The van der Waals surface area contributed by atoms with Crippen LogP contribution in [0.3, 0.4) is 0 Å². The van der Waals surface area contributed by atoms with Gasteiger partial charge < -0.3 is 4.74 Å². The molecular weight excluding hydrogens is 348 g/mol. The van der Waals surface area contributed by atoms with Crippen molar-refractivity contribution >= 4 is 0 Å². The van der Waals surface area contributed by atoms with Crippen molar-refractivity contribution in [3.63, 3.8) is 0 Å². The van der Waals surface area contributed by atoms with Crippen LogP contribution in [0.5, 0.6) is 5.75 Å². The Morgan fingerprint density at radius 2 is 1.32 bits per heavy atom. The van der Waals surface area contributed by atoms with Gasteiger partial charge in [-0.25, -0.2) is 0 Å². The van der Waals surface area contributed by atoms with Crippen LogP contribution in [0.2, 0.25) is 0 Å². The Balaban J connectivity index is 2.22.